The summed E-state index contributed by atoms with van der Waals surface area (Å²) in [6.07, 6.45) is 0. The molecule has 0 aromatic heterocycles. The minimum atomic E-state index is -0.906. The number of halogens is 3. The third-order valence-corrected chi connectivity index (χ3v) is 4.00. The highest BCUT2D eigenvalue weighted by molar-refractivity contribution is 9.10. The van der Waals surface area contributed by atoms with E-state index in [9.17, 15) is 4.79 Å². The zero-order chi connectivity index (χ0) is 15.4. The van der Waals surface area contributed by atoms with Crippen LogP contribution in [0.4, 0.5) is 5.69 Å². The predicted octanol–water partition coefficient (Wildman–Crippen LogP) is 4.85. The van der Waals surface area contributed by atoms with Crippen molar-refractivity contribution in [2.45, 2.75) is 6.54 Å². The Morgan fingerprint density at radius 2 is 1.81 bits per heavy atom. The molecule has 1 N–H and O–H groups in total. The molecule has 21 heavy (non-hydrogen) atoms. The van der Waals surface area contributed by atoms with Crippen LogP contribution in [0.15, 0.2) is 46.9 Å². The largest absolute Gasteiger partial charge is 0.480 e. The van der Waals surface area contributed by atoms with E-state index in [4.69, 9.17) is 28.3 Å². The van der Waals surface area contributed by atoms with Gasteiger partial charge in [-0.05, 0) is 48.0 Å². The summed E-state index contributed by atoms with van der Waals surface area (Å²) in [5, 5.41) is 10.3. The van der Waals surface area contributed by atoms with Crippen molar-refractivity contribution in [3.63, 3.8) is 0 Å². The number of benzene rings is 2. The van der Waals surface area contributed by atoms with Crippen molar-refractivity contribution in [2.24, 2.45) is 0 Å². The molecule has 0 amide bonds. The molecule has 2 aromatic carbocycles. The van der Waals surface area contributed by atoms with E-state index in [1.807, 2.05) is 12.1 Å². The molecular formula is C15H12BrCl2NO2. The second-order valence-corrected chi connectivity index (χ2v) is 6.22. The summed E-state index contributed by atoms with van der Waals surface area (Å²) in [4.78, 5) is 12.8. The van der Waals surface area contributed by atoms with E-state index in [1.54, 1.807) is 35.2 Å². The van der Waals surface area contributed by atoms with Gasteiger partial charge in [-0.25, -0.2) is 0 Å². The maximum absolute atomic E-state index is 11.1. The first-order valence-corrected chi connectivity index (χ1v) is 7.67. The van der Waals surface area contributed by atoms with Gasteiger partial charge in [0.2, 0.25) is 0 Å². The van der Waals surface area contributed by atoms with Gasteiger partial charge in [-0.2, -0.15) is 0 Å². The molecule has 0 aliphatic rings. The number of carboxylic acid groups (broad SMARTS) is 1. The molecule has 0 radical (unpaired) electrons. The number of rotatable bonds is 5. The van der Waals surface area contributed by atoms with Crippen LogP contribution in [0.2, 0.25) is 10.0 Å². The normalized spacial score (nSPS) is 10.4. The average molecular weight is 389 g/mol. The van der Waals surface area contributed by atoms with Gasteiger partial charge >= 0.3 is 5.97 Å². The fraction of sp³-hybridized carbons (Fsp3) is 0.133. The lowest BCUT2D eigenvalue weighted by atomic mass is 10.2. The van der Waals surface area contributed by atoms with E-state index in [0.717, 1.165) is 15.7 Å². The molecule has 6 heteroatoms. The Labute approximate surface area is 141 Å². The smallest absolute Gasteiger partial charge is 0.323 e. The quantitative estimate of drug-likeness (QED) is 0.795. The highest BCUT2D eigenvalue weighted by Gasteiger charge is 2.13. The number of hydrogen-bond donors (Lipinski definition) is 1. The van der Waals surface area contributed by atoms with Crippen molar-refractivity contribution < 1.29 is 9.90 Å². The second-order valence-electron chi connectivity index (χ2n) is 4.46. The van der Waals surface area contributed by atoms with E-state index in [0.29, 0.717) is 16.6 Å². The Morgan fingerprint density at radius 1 is 1.14 bits per heavy atom. The fourth-order valence-electron chi connectivity index (χ4n) is 1.92. The molecule has 0 atom stereocenters. The van der Waals surface area contributed by atoms with Crippen LogP contribution in [0.1, 0.15) is 5.56 Å². The highest BCUT2D eigenvalue weighted by atomic mass is 79.9. The Kier molecular flexibility index (Phi) is 5.51. The van der Waals surface area contributed by atoms with E-state index >= 15 is 0 Å². The Hall–Kier alpha value is -1.23. The predicted molar refractivity (Wildman–Crippen MR) is 89.3 cm³/mol. The van der Waals surface area contributed by atoms with Gasteiger partial charge in [0.1, 0.15) is 6.54 Å². The van der Waals surface area contributed by atoms with Gasteiger partial charge in [0.15, 0.2) is 0 Å². The summed E-state index contributed by atoms with van der Waals surface area (Å²) in [7, 11) is 0. The lowest BCUT2D eigenvalue weighted by Gasteiger charge is -2.23. The summed E-state index contributed by atoms with van der Waals surface area (Å²) < 4.78 is 0.897. The van der Waals surface area contributed by atoms with E-state index < -0.39 is 5.97 Å². The lowest BCUT2D eigenvalue weighted by molar-refractivity contribution is -0.135. The molecule has 0 unspecified atom stereocenters. The SMILES string of the molecule is O=C(O)CN(Cc1cc(Br)ccc1Cl)c1ccc(Cl)cc1. The van der Waals surface area contributed by atoms with Gasteiger partial charge in [0, 0.05) is 26.8 Å². The molecule has 0 saturated heterocycles. The number of nitrogens with zero attached hydrogens (tertiary/aromatic N) is 1. The molecule has 0 fully saturated rings. The Bertz CT molecular complexity index is 647. The first-order chi connectivity index (χ1) is 9.95. The van der Waals surface area contributed by atoms with E-state index in [1.165, 1.54) is 0 Å². The molecule has 0 spiro atoms. The molecule has 0 saturated carbocycles. The summed E-state index contributed by atoms with van der Waals surface area (Å²) in [5.74, 6) is -0.906. The molecule has 110 valence electrons. The van der Waals surface area contributed by atoms with Gasteiger partial charge in [-0.15, -0.1) is 0 Å². The number of carboxylic acids is 1. The Morgan fingerprint density at radius 3 is 2.43 bits per heavy atom. The second kappa shape index (κ2) is 7.16. The number of anilines is 1. The van der Waals surface area contributed by atoms with Crippen molar-refractivity contribution in [2.75, 3.05) is 11.4 Å². The van der Waals surface area contributed by atoms with Crippen LogP contribution >= 0.6 is 39.1 Å². The van der Waals surface area contributed by atoms with Crippen molar-refractivity contribution in [3.05, 3.63) is 62.5 Å². The summed E-state index contributed by atoms with van der Waals surface area (Å²) >= 11 is 15.4. The van der Waals surface area contributed by atoms with Gasteiger partial charge < -0.3 is 10.0 Å². The minimum absolute atomic E-state index is 0.121. The maximum atomic E-state index is 11.1. The molecule has 2 rings (SSSR count). The first-order valence-electron chi connectivity index (χ1n) is 6.12. The Balaban J connectivity index is 2.30. The molecule has 3 nitrogen and oxygen atoms in total. The molecule has 0 heterocycles. The molecular weight excluding hydrogens is 377 g/mol. The van der Waals surface area contributed by atoms with Crippen LogP contribution in [0.5, 0.6) is 0 Å². The van der Waals surface area contributed by atoms with Gasteiger partial charge in [-0.3, -0.25) is 4.79 Å². The van der Waals surface area contributed by atoms with Gasteiger partial charge in [0.05, 0.1) is 0 Å². The van der Waals surface area contributed by atoms with E-state index in [-0.39, 0.29) is 6.54 Å². The molecule has 0 aliphatic carbocycles. The summed E-state index contributed by atoms with van der Waals surface area (Å²) in [6, 6.07) is 12.5. The third kappa shape index (κ3) is 4.63. The lowest BCUT2D eigenvalue weighted by Crippen LogP contribution is -2.29. The van der Waals surface area contributed by atoms with Crippen LogP contribution in [0.3, 0.4) is 0 Å². The topological polar surface area (TPSA) is 40.5 Å². The van der Waals surface area contributed by atoms with Crippen LogP contribution in [0, 0.1) is 0 Å². The van der Waals surface area contributed by atoms with Crippen molar-refractivity contribution in [1.82, 2.24) is 0 Å². The van der Waals surface area contributed by atoms with Crippen LogP contribution < -0.4 is 4.90 Å². The minimum Gasteiger partial charge on any atom is -0.480 e. The van der Waals surface area contributed by atoms with Crippen molar-refractivity contribution in [3.8, 4) is 0 Å². The molecule has 0 aliphatic heterocycles. The number of aliphatic carboxylic acids is 1. The maximum Gasteiger partial charge on any atom is 0.323 e. The van der Waals surface area contributed by atoms with Crippen LogP contribution in [0.25, 0.3) is 0 Å². The number of hydrogen-bond acceptors (Lipinski definition) is 2. The van der Waals surface area contributed by atoms with Crippen LogP contribution in [-0.2, 0) is 11.3 Å². The first kappa shape index (κ1) is 16.1. The standard InChI is InChI=1S/C15H12BrCl2NO2/c16-11-1-6-14(18)10(7-11)8-19(9-15(20)21)13-4-2-12(17)3-5-13/h1-7H,8-9H2,(H,20,21). The van der Waals surface area contributed by atoms with Crippen molar-refractivity contribution >= 4 is 50.8 Å². The number of carbonyl (C=O) groups is 1. The third-order valence-electron chi connectivity index (χ3n) is 2.89. The fourth-order valence-corrected chi connectivity index (χ4v) is 2.64. The van der Waals surface area contributed by atoms with E-state index in [2.05, 4.69) is 15.9 Å². The monoisotopic (exact) mass is 387 g/mol. The molecule has 2 aromatic rings. The highest BCUT2D eigenvalue weighted by Crippen LogP contribution is 2.25. The zero-order valence-electron chi connectivity index (χ0n) is 10.9. The summed E-state index contributed by atoms with van der Waals surface area (Å²) in [5.41, 5.74) is 1.63. The average Bonchev–Trinajstić information content (AvgIpc) is 2.42. The summed E-state index contributed by atoms with van der Waals surface area (Å²) in [6.45, 7) is 0.274. The van der Waals surface area contributed by atoms with Gasteiger partial charge in [-0.1, -0.05) is 39.1 Å². The van der Waals surface area contributed by atoms with Crippen LogP contribution in [-0.4, -0.2) is 17.6 Å². The van der Waals surface area contributed by atoms with Gasteiger partial charge in [0.25, 0.3) is 0 Å². The zero-order valence-corrected chi connectivity index (χ0v) is 14.0. The van der Waals surface area contributed by atoms with Crippen molar-refractivity contribution in [1.29, 1.82) is 0 Å². The molecule has 0 bridgehead atoms.